The van der Waals surface area contributed by atoms with E-state index in [2.05, 4.69) is 12.2 Å². The minimum atomic E-state index is -1.29. The first-order valence-corrected chi connectivity index (χ1v) is 5.74. The van der Waals surface area contributed by atoms with E-state index in [1.165, 1.54) is 18.6 Å². The maximum atomic E-state index is 10.8. The van der Waals surface area contributed by atoms with E-state index in [0.717, 1.165) is 6.54 Å². The van der Waals surface area contributed by atoms with Crippen LogP contribution in [0.3, 0.4) is 0 Å². The summed E-state index contributed by atoms with van der Waals surface area (Å²) in [4.78, 5) is 21.0. The maximum Gasteiger partial charge on any atom is 0.342 e. The quantitative estimate of drug-likeness (QED) is 0.618. The highest BCUT2D eigenvalue weighted by atomic mass is 16.6. The van der Waals surface area contributed by atoms with Crippen LogP contribution in [-0.4, -0.2) is 22.5 Å². The average Bonchev–Trinajstić information content (AvgIpc) is 3.02. The number of nitro benzene ring substituents is 1. The molecular formula is C12H14N2O4. The van der Waals surface area contributed by atoms with Gasteiger partial charge in [0.05, 0.1) is 4.92 Å². The Bertz CT molecular complexity index is 501. The summed E-state index contributed by atoms with van der Waals surface area (Å²) in [6.45, 7) is 2.92. The van der Waals surface area contributed by atoms with Crippen molar-refractivity contribution in [3.63, 3.8) is 0 Å². The molecule has 1 aliphatic rings. The summed E-state index contributed by atoms with van der Waals surface area (Å²) in [5.74, 6) is 0.0260. The summed E-state index contributed by atoms with van der Waals surface area (Å²) < 4.78 is 0. The third-order valence-corrected chi connectivity index (χ3v) is 3.27. The SMILES string of the molecule is CC1CC1CNc1ccc(C(=O)O)c([N+](=O)[O-])c1. The molecule has 0 spiro atoms. The number of anilines is 1. The van der Waals surface area contributed by atoms with Gasteiger partial charge in [-0.15, -0.1) is 0 Å². The number of nitro groups is 1. The molecule has 2 atom stereocenters. The van der Waals surface area contributed by atoms with Crippen LogP contribution < -0.4 is 5.32 Å². The zero-order chi connectivity index (χ0) is 13.3. The Morgan fingerprint density at radius 2 is 2.28 bits per heavy atom. The van der Waals surface area contributed by atoms with Crippen molar-refractivity contribution in [1.82, 2.24) is 0 Å². The highest BCUT2D eigenvalue weighted by molar-refractivity contribution is 5.93. The number of nitrogens with one attached hydrogen (secondary N) is 1. The van der Waals surface area contributed by atoms with E-state index in [9.17, 15) is 14.9 Å². The van der Waals surface area contributed by atoms with E-state index in [-0.39, 0.29) is 11.3 Å². The molecule has 1 fully saturated rings. The van der Waals surface area contributed by atoms with Crippen molar-refractivity contribution in [1.29, 1.82) is 0 Å². The van der Waals surface area contributed by atoms with E-state index in [1.807, 2.05) is 0 Å². The van der Waals surface area contributed by atoms with Crippen molar-refractivity contribution in [2.24, 2.45) is 11.8 Å². The van der Waals surface area contributed by atoms with Gasteiger partial charge in [0, 0.05) is 18.3 Å². The van der Waals surface area contributed by atoms with Gasteiger partial charge in [0.2, 0.25) is 0 Å². The van der Waals surface area contributed by atoms with Crippen molar-refractivity contribution < 1.29 is 14.8 Å². The van der Waals surface area contributed by atoms with Crippen LogP contribution >= 0.6 is 0 Å². The van der Waals surface area contributed by atoms with Gasteiger partial charge < -0.3 is 10.4 Å². The topological polar surface area (TPSA) is 92.5 Å². The maximum absolute atomic E-state index is 10.8. The lowest BCUT2D eigenvalue weighted by Crippen LogP contribution is -2.07. The van der Waals surface area contributed by atoms with Crippen LogP contribution in [0.2, 0.25) is 0 Å². The molecule has 1 aromatic carbocycles. The lowest BCUT2D eigenvalue weighted by Gasteiger charge is -2.06. The van der Waals surface area contributed by atoms with Crippen LogP contribution in [0.4, 0.5) is 11.4 Å². The Kier molecular flexibility index (Phi) is 3.18. The van der Waals surface area contributed by atoms with Crippen molar-refractivity contribution in [3.05, 3.63) is 33.9 Å². The number of aromatic carboxylic acids is 1. The van der Waals surface area contributed by atoms with Crippen molar-refractivity contribution in [3.8, 4) is 0 Å². The third-order valence-electron chi connectivity index (χ3n) is 3.27. The number of benzene rings is 1. The summed E-state index contributed by atoms with van der Waals surface area (Å²) in [5, 5.41) is 22.7. The monoisotopic (exact) mass is 250 g/mol. The molecule has 0 heterocycles. The molecule has 2 N–H and O–H groups in total. The first kappa shape index (κ1) is 12.3. The Labute approximate surface area is 104 Å². The zero-order valence-electron chi connectivity index (χ0n) is 9.92. The third kappa shape index (κ3) is 2.58. The Balaban J connectivity index is 2.14. The molecule has 0 bridgehead atoms. The van der Waals surface area contributed by atoms with Gasteiger partial charge in [0.25, 0.3) is 5.69 Å². The van der Waals surface area contributed by atoms with Gasteiger partial charge in [0.1, 0.15) is 5.56 Å². The molecule has 1 aliphatic carbocycles. The predicted octanol–water partition coefficient (Wildman–Crippen LogP) is 2.36. The van der Waals surface area contributed by atoms with Crippen molar-refractivity contribution >= 4 is 17.3 Å². The van der Waals surface area contributed by atoms with E-state index in [1.54, 1.807) is 6.07 Å². The first-order chi connectivity index (χ1) is 8.49. The average molecular weight is 250 g/mol. The van der Waals surface area contributed by atoms with E-state index < -0.39 is 10.9 Å². The number of rotatable bonds is 5. The van der Waals surface area contributed by atoms with Gasteiger partial charge >= 0.3 is 5.97 Å². The molecule has 0 aliphatic heterocycles. The van der Waals surface area contributed by atoms with Crippen LogP contribution in [-0.2, 0) is 0 Å². The Hall–Kier alpha value is -2.11. The normalized spacial score (nSPS) is 21.4. The number of hydrogen-bond donors (Lipinski definition) is 2. The molecule has 1 aromatic rings. The molecule has 0 aromatic heterocycles. The second-order valence-corrected chi connectivity index (χ2v) is 4.65. The lowest BCUT2D eigenvalue weighted by atomic mass is 10.1. The molecule has 2 rings (SSSR count). The van der Waals surface area contributed by atoms with Gasteiger partial charge in [-0.25, -0.2) is 4.79 Å². The van der Waals surface area contributed by atoms with Crippen LogP contribution in [0.1, 0.15) is 23.7 Å². The standard InChI is InChI=1S/C12H14N2O4/c1-7-4-8(7)6-13-9-2-3-10(12(15)16)11(5-9)14(17)18/h2-3,5,7-8,13H,4,6H2,1H3,(H,15,16). The molecule has 96 valence electrons. The fraction of sp³-hybridized carbons (Fsp3) is 0.417. The molecule has 0 radical (unpaired) electrons. The molecular weight excluding hydrogens is 236 g/mol. The summed E-state index contributed by atoms with van der Waals surface area (Å²) in [6.07, 6.45) is 1.17. The van der Waals surface area contributed by atoms with Crippen LogP contribution in [0.5, 0.6) is 0 Å². The number of carboxylic acid groups (broad SMARTS) is 1. The Morgan fingerprint density at radius 3 is 2.78 bits per heavy atom. The van der Waals surface area contributed by atoms with E-state index in [0.29, 0.717) is 17.5 Å². The number of hydrogen-bond acceptors (Lipinski definition) is 4. The summed E-state index contributed by atoms with van der Waals surface area (Å²) in [5.41, 5.74) is -0.0764. The molecule has 18 heavy (non-hydrogen) atoms. The zero-order valence-corrected chi connectivity index (χ0v) is 9.92. The highest BCUT2D eigenvalue weighted by Crippen LogP contribution is 2.37. The highest BCUT2D eigenvalue weighted by Gasteiger charge is 2.32. The first-order valence-electron chi connectivity index (χ1n) is 5.74. The number of carbonyl (C=O) groups is 1. The smallest absolute Gasteiger partial charge is 0.342 e. The van der Waals surface area contributed by atoms with Crippen molar-refractivity contribution in [2.75, 3.05) is 11.9 Å². The van der Waals surface area contributed by atoms with Gasteiger partial charge in [-0.1, -0.05) is 6.92 Å². The molecule has 0 amide bonds. The fourth-order valence-corrected chi connectivity index (χ4v) is 1.91. The van der Waals surface area contributed by atoms with Gasteiger partial charge in [0.15, 0.2) is 0 Å². The molecule has 6 heteroatoms. The van der Waals surface area contributed by atoms with Crippen LogP contribution in [0, 0.1) is 22.0 Å². The second-order valence-electron chi connectivity index (χ2n) is 4.65. The van der Waals surface area contributed by atoms with Crippen molar-refractivity contribution in [2.45, 2.75) is 13.3 Å². The molecule has 0 saturated heterocycles. The summed E-state index contributed by atoms with van der Waals surface area (Å²) >= 11 is 0. The van der Waals surface area contributed by atoms with Gasteiger partial charge in [-0.3, -0.25) is 10.1 Å². The molecule has 1 saturated carbocycles. The molecule has 6 nitrogen and oxygen atoms in total. The van der Waals surface area contributed by atoms with Crippen LogP contribution in [0.15, 0.2) is 18.2 Å². The van der Waals surface area contributed by atoms with Crippen LogP contribution in [0.25, 0.3) is 0 Å². The predicted molar refractivity (Wildman–Crippen MR) is 65.8 cm³/mol. The summed E-state index contributed by atoms with van der Waals surface area (Å²) in [6, 6.07) is 4.10. The van der Waals surface area contributed by atoms with Gasteiger partial charge in [-0.2, -0.15) is 0 Å². The molecule has 2 unspecified atom stereocenters. The second kappa shape index (κ2) is 4.64. The fourth-order valence-electron chi connectivity index (χ4n) is 1.91. The van der Waals surface area contributed by atoms with E-state index >= 15 is 0 Å². The number of nitrogens with zero attached hydrogens (tertiary/aromatic N) is 1. The largest absolute Gasteiger partial charge is 0.477 e. The summed E-state index contributed by atoms with van der Waals surface area (Å²) in [7, 11) is 0. The Morgan fingerprint density at radius 1 is 1.61 bits per heavy atom. The lowest BCUT2D eigenvalue weighted by molar-refractivity contribution is -0.385. The van der Waals surface area contributed by atoms with E-state index in [4.69, 9.17) is 5.11 Å². The number of carboxylic acids is 1. The minimum absolute atomic E-state index is 0.287. The minimum Gasteiger partial charge on any atom is -0.477 e. The van der Waals surface area contributed by atoms with Gasteiger partial charge in [-0.05, 0) is 30.4 Å².